The van der Waals surface area contributed by atoms with Gasteiger partial charge in [0.1, 0.15) is 22.7 Å². The second-order valence-electron chi connectivity index (χ2n) is 4.15. The molecule has 0 unspecified atom stereocenters. The fourth-order valence-corrected chi connectivity index (χ4v) is 2.94. The maximum Gasteiger partial charge on any atom is 0.236 e. The third kappa shape index (κ3) is 4.61. The normalized spacial score (nSPS) is 11.1. The van der Waals surface area contributed by atoms with Crippen molar-refractivity contribution in [3.05, 3.63) is 47.2 Å². The molecule has 0 fully saturated rings. The first-order chi connectivity index (χ1) is 9.98. The number of sulfonamides is 1. The Morgan fingerprint density at radius 2 is 2.00 bits per heavy atom. The predicted molar refractivity (Wildman–Crippen MR) is 85.7 cm³/mol. The lowest BCUT2D eigenvalue weighted by molar-refractivity contribution is 0.343. The van der Waals surface area contributed by atoms with Gasteiger partial charge in [-0.3, -0.25) is 4.72 Å². The van der Waals surface area contributed by atoms with Gasteiger partial charge in [0, 0.05) is 6.20 Å². The second-order valence-corrected chi connectivity index (χ2v) is 6.74. The number of hydrogen-bond acceptors (Lipinski definition) is 5. The Labute approximate surface area is 131 Å². The van der Waals surface area contributed by atoms with Crippen LogP contribution in [0.15, 0.2) is 47.2 Å². The lowest BCUT2D eigenvalue weighted by Crippen LogP contribution is -2.21. The summed E-state index contributed by atoms with van der Waals surface area (Å²) in [5, 5.41) is 0. The van der Waals surface area contributed by atoms with Crippen molar-refractivity contribution in [3.63, 3.8) is 0 Å². The molecule has 0 aliphatic carbocycles. The molecule has 0 radical (unpaired) electrons. The van der Waals surface area contributed by atoms with Crippen molar-refractivity contribution in [2.24, 2.45) is 0 Å². The van der Waals surface area contributed by atoms with Gasteiger partial charge in [-0.1, -0.05) is 12.1 Å². The molecule has 0 aliphatic heterocycles. The Balaban J connectivity index is 1.93. The summed E-state index contributed by atoms with van der Waals surface area (Å²) in [7, 11) is -3.53. The molecular formula is C13H14BrN3O3S. The van der Waals surface area contributed by atoms with Crippen LogP contribution >= 0.6 is 15.9 Å². The van der Waals surface area contributed by atoms with Gasteiger partial charge in [-0.2, -0.15) is 0 Å². The van der Waals surface area contributed by atoms with Gasteiger partial charge in [-0.25, -0.2) is 13.4 Å². The first kappa shape index (κ1) is 15.6. The molecule has 0 saturated carbocycles. The minimum Gasteiger partial charge on any atom is -0.490 e. The van der Waals surface area contributed by atoms with Crippen LogP contribution in [0.2, 0.25) is 0 Å². The smallest absolute Gasteiger partial charge is 0.236 e. The number of aromatic nitrogens is 1. The summed E-state index contributed by atoms with van der Waals surface area (Å²) in [6.45, 7) is 0.00142. The van der Waals surface area contributed by atoms with E-state index < -0.39 is 10.0 Å². The van der Waals surface area contributed by atoms with Crippen LogP contribution in [-0.2, 0) is 10.0 Å². The van der Waals surface area contributed by atoms with E-state index in [9.17, 15) is 8.42 Å². The van der Waals surface area contributed by atoms with Crippen molar-refractivity contribution in [2.45, 2.75) is 0 Å². The highest BCUT2D eigenvalue weighted by Gasteiger charge is 2.13. The third-order valence-electron chi connectivity index (χ3n) is 2.55. The van der Waals surface area contributed by atoms with E-state index in [1.165, 1.54) is 0 Å². The second kappa shape index (κ2) is 6.77. The first-order valence-electron chi connectivity index (χ1n) is 6.06. The number of nitrogens with zero attached hydrogens (tertiary/aromatic N) is 1. The van der Waals surface area contributed by atoms with Crippen LogP contribution in [0.25, 0.3) is 0 Å². The third-order valence-corrected chi connectivity index (χ3v) is 4.42. The lowest BCUT2D eigenvalue weighted by Gasteiger charge is -2.11. The van der Waals surface area contributed by atoms with Crippen molar-refractivity contribution < 1.29 is 13.2 Å². The van der Waals surface area contributed by atoms with Crippen LogP contribution in [0.1, 0.15) is 0 Å². The number of pyridine rings is 1. The molecule has 1 aromatic heterocycles. The van der Waals surface area contributed by atoms with Gasteiger partial charge in [0.2, 0.25) is 10.0 Å². The molecule has 2 aromatic rings. The molecule has 0 aliphatic rings. The van der Waals surface area contributed by atoms with Gasteiger partial charge < -0.3 is 10.5 Å². The molecule has 0 spiro atoms. The number of nitrogens with two attached hydrogens (primary N) is 1. The van der Waals surface area contributed by atoms with Crippen molar-refractivity contribution in [1.82, 2.24) is 4.98 Å². The van der Waals surface area contributed by atoms with E-state index in [1.54, 1.807) is 42.6 Å². The van der Waals surface area contributed by atoms with Gasteiger partial charge in [0.05, 0.1) is 11.4 Å². The summed E-state index contributed by atoms with van der Waals surface area (Å²) in [6.07, 6.45) is 1.56. The molecule has 8 heteroatoms. The Morgan fingerprint density at radius 1 is 1.24 bits per heavy atom. The average Bonchev–Trinajstić information content (AvgIpc) is 2.43. The minimum absolute atomic E-state index is 0.00142. The molecule has 0 amide bonds. The highest BCUT2D eigenvalue weighted by atomic mass is 79.9. The number of benzene rings is 1. The van der Waals surface area contributed by atoms with Crippen LogP contribution in [0.4, 0.5) is 11.4 Å². The van der Waals surface area contributed by atoms with Crippen molar-refractivity contribution in [1.29, 1.82) is 0 Å². The Morgan fingerprint density at radius 3 is 2.71 bits per heavy atom. The standard InChI is InChI=1S/C13H14BrN3O3S/c14-13-11(5-3-7-16-13)17-21(18,19)9-8-20-12-6-2-1-4-10(12)15/h1-7,17H,8-9,15H2. The van der Waals surface area contributed by atoms with Crippen LogP contribution in [-0.4, -0.2) is 25.8 Å². The van der Waals surface area contributed by atoms with Crippen LogP contribution in [0, 0.1) is 0 Å². The molecular weight excluding hydrogens is 358 g/mol. The van der Waals surface area contributed by atoms with E-state index in [-0.39, 0.29) is 12.4 Å². The molecule has 21 heavy (non-hydrogen) atoms. The summed E-state index contributed by atoms with van der Waals surface area (Å²) in [6, 6.07) is 10.2. The number of hydrogen-bond donors (Lipinski definition) is 2. The summed E-state index contributed by atoms with van der Waals surface area (Å²) in [4.78, 5) is 3.94. The molecule has 0 saturated heterocycles. The minimum atomic E-state index is -3.53. The van der Waals surface area contributed by atoms with Crippen molar-refractivity contribution in [3.8, 4) is 5.75 Å². The topological polar surface area (TPSA) is 94.3 Å². The van der Waals surface area contributed by atoms with E-state index in [4.69, 9.17) is 10.5 Å². The Bertz CT molecular complexity index is 722. The van der Waals surface area contributed by atoms with Crippen LogP contribution in [0.5, 0.6) is 5.75 Å². The van der Waals surface area contributed by atoms with Gasteiger partial charge in [-0.15, -0.1) is 0 Å². The molecule has 1 aromatic carbocycles. The van der Waals surface area contributed by atoms with E-state index >= 15 is 0 Å². The molecule has 6 nitrogen and oxygen atoms in total. The maximum atomic E-state index is 12.0. The summed E-state index contributed by atoms with van der Waals surface area (Å²) in [5.41, 5.74) is 6.57. The van der Waals surface area contributed by atoms with Crippen molar-refractivity contribution in [2.75, 3.05) is 22.8 Å². The zero-order valence-corrected chi connectivity index (χ0v) is 13.4. The highest BCUT2D eigenvalue weighted by molar-refractivity contribution is 9.10. The van der Waals surface area contributed by atoms with Gasteiger partial charge in [0.15, 0.2) is 0 Å². The number of nitrogen functional groups attached to an aromatic ring is 1. The quantitative estimate of drug-likeness (QED) is 0.599. The zero-order chi connectivity index (χ0) is 15.3. The number of rotatable bonds is 6. The molecule has 1 heterocycles. The average molecular weight is 372 g/mol. The highest BCUT2D eigenvalue weighted by Crippen LogP contribution is 2.21. The molecule has 2 rings (SSSR count). The molecule has 3 N–H and O–H groups in total. The van der Waals surface area contributed by atoms with E-state index in [0.29, 0.717) is 21.7 Å². The Hall–Kier alpha value is -1.80. The number of nitrogens with one attached hydrogen (secondary N) is 1. The van der Waals surface area contributed by atoms with Gasteiger partial charge in [-0.05, 0) is 40.2 Å². The summed E-state index contributed by atoms with van der Waals surface area (Å²) < 4.78 is 32.2. The van der Waals surface area contributed by atoms with Gasteiger partial charge >= 0.3 is 0 Å². The largest absolute Gasteiger partial charge is 0.490 e. The van der Waals surface area contributed by atoms with E-state index in [0.717, 1.165) is 0 Å². The van der Waals surface area contributed by atoms with Gasteiger partial charge in [0.25, 0.3) is 0 Å². The zero-order valence-electron chi connectivity index (χ0n) is 11.0. The number of halogens is 1. The summed E-state index contributed by atoms with van der Waals surface area (Å²) in [5.74, 6) is 0.276. The number of anilines is 2. The summed E-state index contributed by atoms with van der Waals surface area (Å²) >= 11 is 3.18. The van der Waals surface area contributed by atoms with Crippen LogP contribution < -0.4 is 15.2 Å². The molecule has 0 bridgehead atoms. The maximum absolute atomic E-state index is 12.0. The first-order valence-corrected chi connectivity index (χ1v) is 8.51. The number of ether oxygens (including phenoxy) is 1. The SMILES string of the molecule is Nc1ccccc1OCCS(=O)(=O)Nc1cccnc1Br. The molecule has 0 atom stereocenters. The monoisotopic (exact) mass is 371 g/mol. The fraction of sp³-hybridized carbons (Fsp3) is 0.154. The Kier molecular flexibility index (Phi) is 5.03. The predicted octanol–water partition coefficient (Wildman–Crippen LogP) is 2.25. The van der Waals surface area contributed by atoms with E-state index in [2.05, 4.69) is 25.6 Å². The van der Waals surface area contributed by atoms with Crippen molar-refractivity contribution >= 4 is 37.3 Å². The molecule has 112 valence electrons. The van der Waals surface area contributed by atoms with Crippen LogP contribution in [0.3, 0.4) is 0 Å². The number of para-hydroxylation sites is 2. The van der Waals surface area contributed by atoms with E-state index in [1.807, 2.05) is 0 Å². The lowest BCUT2D eigenvalue weighted by atomic mass is 10.3. The fourth-order valence-electron chi connectivity index (χ4n) is 1.55.